The minimum atomic E-state index is -0.569. The highest BCUT2D eigenvalue weighted by Crippen LogP contribution is 2.33. The molecule has 0 unspecified atom stereocenters. The fourth-order valence-electron chi connectivity index (χ4n) is 2.85. The number of ether oxygens (including phenoxy) is 1. The van der Waals surface area contributed by atoms with Crippen LogP contribution in [0.4, 0.5) is 4.79 Å². The molecule has 5 heteroatoms. The lowest BCUT2D eigenvalue weighted by molar-refractivity contribution is 0.0715. The zero-order chi connectivity index (χ0) is 16.2. The molecule has 2 aromatic rings. The number of aliphatic hydroxyl groups excluding tert-OH is 1. The molecule has 0 bridgehead atoms. The highest BCUT2D eigenvalue weighted by molar-refractivity contribution is 9.10. The molecular weight excluding hydrogens is 358 g/mol. The molecule has 3 rings (SSSR count). The number of likely N-dealkylation sites (tertiary alicyclic amines) is 1. The number of benzene rings is 2. The lowest BCUT2D eigenvalue weighted by atomic mass is 10.0. The second kappa shape index (κ2) is 7.15. The van der Waals surface area contributed by atoms with Gasteiger partial charge in [-0.1, -0.05) is 58.4 Å². The number of hydrogen-bond donors (Lipinski definition) is 1. The summed E-state index contributed by atoms with van der Waals surface area (Å²) in [6, 6.07) is 16.9. The molecule has 4 nitrogen and oxygen atoms in total. The first-order valence-electron chi connectivity index (χ1n) is 7.56. The monoisotopic (exact) mass is 375 g/mol. The molecule has 1 amide bonds. The van der Waals surface area contributed by atoms with Crippen LogP contribution in [0.25, 0.3) is 0 Å². The van der Waals surface area contributed by atoms with E-state index in [1.54, 1.807) is 4.90 Å². The van der Waals surface area contributed by atoms with Crippen molar-refractivity contribution in [3.8, 4) is 0 Å². The maximum Gasteiger partial charge on any atom is 0.410 e. The van der Waals surface area contributed by atoms with E-state index in [0.29, 0.717) is 13.0 Å². The largest absolute Gasteiger partial charge is 0.445 e. The summed E-state index contributed by atoms with van der Waals surface area (Å²) < 4.78 is 6.37. The van der Waals surface area contributed by atoms with Gasteiger partial charge < -0.3 is 9.84 Å². The summed E-state index contributed by atoms with van der Waals surface area (Å²) in [5, 5.41) is 10.3. The quantitative estimate of drug-likeness (QED) is 0.884. The van der Waals surface area contributed by atoms with Gasteiger partial charge in [-0.15, -0.1) is 0 Å². The van der Waals surface area contributed by atoms with Crippen molar-refractivity contribution in [2.45, 2.75) is 25.2 Å². The summed E-state index contributed by atoms with van der Waals surface area (Å²) in [6.45, 7) is 0.731. The highest BCUT2D eigenvalue weighted by atomic mass is 79.9. The Balaban J connectivity index is 1.70. The van der Waals surface area contributed by atoms with Gasteiger partial charge in [-0.05, 0) is 29.7 Å². The summed E-state index contributed by atoms with van der Waals surface area (Å²) in [7, 11) is 0. The van der Waals surface area contributed by atoms with E-state index in [4.69, 9.17) is 4.74 Å². The maximum atomic E-state index is 12.4. The molecule has 120 valence electrons. The third-order valence-corrected chi connectivity index (χ3v) is 4.55. The molecule has 1 fully saturated rings. The Labute approximate surface area is 143 Å². The van der Waals surface area contributed by atoms with Crippen molar-refractivity contribution in [1.82, 2.24) is 4.90 Å². The van der Waals surface area contributed by atoms with E-state index in [9.17, 15) is 9.90 Å². The minimum absolute atomic E-state index is 0.235. The van der Waals surface area contributed by atoms with Gasteiger partial charge in [0.25, 0.3) is 0 Å². The first-order valence-corrected chi connectivity index (χ1v) is 8.35. The highest BCUT2D eigenvalue weighted by Gasteiger charge is 2.37. The number of carbonyl (C=O) groups excluding carboxylic acids is 1. The van der Waals surface area contributed by atoms with E-state index >= 15 is 0 Å². The van der Waals surface area contributed by atoms with Crippen LogP contribution >= 0.6 is 15.9 Å². The van der Waals surface area contributed by atoms with Crippen LogP contribution in [0.2, 0.25) is 0 Å². The second-order valence-electron chi connectivity index (χ2n) is 5.59. The Bertz CT molecular complexity index is 660. The Morgan fingerprint density at radius 2 is 1.87 bits per heavy atom. The maximum absolute atomic E-state index is 12.4. The molecule has 1 aliphatic heterocycles. The number of carbonyl (C=O) groups is 1. The van der Waals surface area contributed by atoms with Gasteiger partial charge in [0.05, 0.1) is 12.1 Å². The lowest BCUT2D eigenvalue weighted by Gasteiger charge is -2.26. The first-order chi connectivity index (χ1) is 11.1. The molecule has 23 heavy (non-hydrogen) atoms. The number of hydrogen-bond acceptors (Lipinski definition) is 3. The van der Waals surface area contributed by atoms with Crippen LogP contribution in [0, 0.1) is 0 Å². The van der Waals surface area contributed by atoms with E-state index in [1.165, 1.54) is 0 Å². The van der Waals surface area contributed by atoms with Crippen LogP contribution in [0.5, 0.6) is 0 Å². The summed E-state index contributed by atoms with van der Waals surface area (Å²) in [6.07, 6.45) is -0.403. The smallest absolute Gasteiger partial charge is 0.410 e. The van der Waals surface area contributed by atoms with Crippen molar-refractivity contribution in [2.24, 2.45) is 0 Å². The van der Waals surface area contributed by atoms with Crippen molar-refractivity contribution in [1.29, 1.82) is 0 Å². The standard InChI is InChI=1S/C18H18BrNO3/c19-15-8-6-14(7-9-15)17-16(21)10-11-20(17)18(22)23-12-13-4-2-1-3-5-13/h1-9,16-17,21H,10-12H2/t16-,17-/m1/s1. The molecule has 0 aliphatic carbocycles. The third-order valence-electron chi connectivity index (χ3n) is 4.02. The predicted molar refractivity (Wildman–Crippen MR) is 90.8 cm³/mol. The molecule has 2 aromatic carbocycles. The van der Waals surface area contributed by atoms with Gasteiger partial charge in [-0.2, -0.15) is 0 Å². The number of halogens is 1. The summed E-state index contributed by atoms with van der Waals surface area (Å²) in [5.74, 6) is 0. The van der Waals surface area contributed by atoms with E-state index < -0.39 is 12.2 Å². The fraction of sp³-hybridized carbons (Fsp3) is 0.278. The Kier molecular flexibility index (Phi) is 4.98. The predicted octanol–water partition coefficient (Wildman–Crippen LogP) is 3.89. The van der Waals surface area contributed by atoms with Crippen LogP contribution < -0.4 is 0 Å². The number of rotatable bonds is 3. The Hall–Kier alpha value is -1.85. The van der Waals surface area contributed by atoms with E-state index in [0.717, 1.165) is 15.6 Å². The first kappa shape index (κ1) is 16.0. The van der Waals surface area contributed by atoms with Crippen molar-refractivity contribution < 1.29 is 14.6 Å². The second-order valence-corrected chi connectivity index (χ2v) is 6.50. The van der Waals surface area contributed by atoms with E-state index in [-0.39, 0.29) is 12.6 Å². The van der Waals surface area contributed by atoms with Crippen molar-refractivity contribution in [3.63, 3.8) is 0 Å². The van der Waals surface area contributed by atoms with Crippen molar-refractivity contribution in [2.75, 3.05) is 6.54 Å². The molecule has 0 saturated carbocycles. The topological polar surface area (TPSA) is 49.8 Å². The molecule has 0 spiro atoms. The average Bonchev–Trinajstić information content (AvgIpc) is 2.96. The molecule has 1 aliphatic rings. The van der Waals surface area contributed by atoms with Gasteiger partial charge in [0.1, 0.15) is 6.61 Å². The molecular formula is C18H18BrNO3. The van der Waals surface area contributed by atoms with Gasteiger partial charge in [0.15, 0.2) is 0 Å². The van der Waals surface area contributed by atoms with E-state index in [1.807, 2.05) is 54.6 Å². The normalized spacial score (nSPS) is 20.5. The van der Waals surface area contributed by atoms with Gasteiger partial charge >= 0.3 is 6.09 Å². The van der Waals surface area contributed by atoms with Gasteiger partial charge in [0, 0.05) is 11.0 Å². The number of aliphatic hydroxyl groups is 1. The Morgan fingerprint density at radius 1 is 1.17 bits per heavy atom. The van der Waals surface area contributed by atoms with Crippen molar-refractivity contribution in [3.05, 3.63) is 70.2 Å². The molecule has 0 radical (unpaired) electrons. The minimum Gasteiger partial charge on any atom is -0.445 e. The van der Waals surface area contributed by atoms with Gasteiger partial charge in [0.2, 0.25) is 0 Å². The Morgan fingerprint density at radius 3 is 2.57 bits per heavy atom. The van der Waals surface area contributed by atoms with Crippen LogP contribution in [0.1, 0.15) is 23.6 Å². The number of amides is 1. The van der Waals surface area contributed by atoms with E-state index in [2.05, 4.69) is 15.9 Å². The van der Waals surface area contributed by atoms with Gasteiger partial charge in [-0.3, -0.25) is 4.90 Å². The SMILES string of the molecule is O=C(OCc1ccccc1)N1CC[C@@H](O)[C@H]1c1ccc(Br)cc1. The molecule has 1 N–H and O–H groups in total. The average molecular weight is 376 g/mol. The van der Waals surface area contributed by atoms with Crippen LogP contribution in [0.3, 0.4) is 0 Å². The molecule has 2 atom stereocenters. The summed E-state index contributed by atoms with van der Waals surface area (Å²) in [4.78, 5) is 14.0. The zero-order valence-corrected chi connectivity index (χ0v) is 14.1. The molecule has 0 aromatic heterocycles. The fourth-order valence-corrected chi connectivity index (χ4v) is 3.11. The summed E-state index contributed by atoms with van der Waals surface area (Å²) in [5.41, 5.74) is 1.86. The van der Waals surface area contributed by atoms with Crippen LogP contribution in [-0.2, 0) is 11.3 Å². The zero-order valence-electron chi connectivity index (χ0n) is 12.6. The number of nitrogens with zero attached hydrogens (tertiary/aromatic N) is 1. The lowest BCUT2D eigenvalue weighted by Crippen LogP contribution is -2.33. The third kappa shape index (κ3) is 3.74. The molecule has 1 saturated heterocycles. The van der Waals surface area contributed by atoms with Crippen LogP contribution in [-0.4, -0.2) is 28.7 Å². The van der Waals surface area contributed by atoms with Crippen molar-refractivity contribution >= 4 is 22.0 Å². The van der Waals surface area contributed by atoms with Crippen LogP contribution in [0.15, 0.2) is 59.1 Å². The van der Waals surface area contributed by atoms with Gasteiger partial charge in [-0.25, -0.2) is 4.79 Å². The summed E-state index contributed by atoms with van der Waals surface area (Å²) >= 11 is 3.40. The molecule has 1 heterocycles.